The molecular weight excluding hydrogens is 244 g/mol. The van der Waals surface area contributed by atoms with E-state index in [9.17, 15) is 4.79 Å². The molecule has 5 heteroatoms. The second-order valence-electron chi connectivity index (χ2n) is 6.88. The molecule has 19 heavy (non-hydrogen) atoms. The fourth-order valence-corrected chi connectivity index (χ4v) is 3.39. The maximum absolute atomic E-state index is 11.4. The second kappa shape index (κ2) is 4.94. The monoisotopic (exact) mass is 270 g/mol. The zero-order chi connectivity index (χ0) is 14.3. The maximum atomic E-state index is 11.4. The van der Waals surface area contributed by atoms with E-state index in [2.05, 4.69) is 37.9 Å². The van der Waals surface area contributed by atoms with Gasteiger partial charge in [-0.2, -0.15) is 0 Å². The summed E-state index contributed by atoms with van der Waals surface area (Å²) in [4.78, 5) is 13.9. The summed E-state index contributed by atoms with van der Waals surface area (Å²) >= 11 is 0. The molecule has 1 atom stereocenters. The van der Waals surface area contributed by atoms with E-state index < -0.39 is 0 Å². The highest BCUT2D eigenvalue weighted by Crippen LogP contribution is 2.40. The van der Waals surface area contributed by atoms with E-state index in [0.717, 1.165) is 26.0 Å². The summed E-state index contributed by atoms with van der Waals surface area (Å²) in [7, 11) is 1.60. The molecule has 0 spiro atoms. The highest BCUT2D eigenvalue weighted by molar-refractivity contribution is 5.66. The molecule has 2 aliphatic heterocycles. The normalized spacial score (nSPS) is 29.8. The number of amides is 1. The molecule has 0 aromatic rings. The third-order valence-corrected chi connectivity index (χ3v) is 4.18. The first-order valence-electron chi connectivity index (χ1n) is 7.02. The van der Waals surface area contributed by atoms with Crippen LogP contribution in [0.5, 0.6) is 0 Å². The number of ether oxygens (including phenoxy) is 2. The van der Waals surface area contributed by atoms with Gasteiger partial charge in [-0.15, -0.1) is 0 Å². The van der Waals surface area contributed by atoms with Crippen molar-refractivity contribution in [3.05, 3.63) is 0 Å². The van der Waals surface area contributed by atoms with Gasteiger partial charge in [-0.25, -0.2) is 4.79 Å². The minimum Gasteiger partial charge on any atom is -0.446 e. The van der Waals surface area contributed by atoms with Crippen molar-refractivity contribution in [1.82, 2.24) is 10.2 Å². The Morgan fingerprint density at radius 1 is 1.32 bits per heavy atom. The van der Waals surface area contributed by atoms with E-state index >= 15 is 0 Å². The molecular formula is C14H26N2O3. The topological polar surface area (TPSA) is 54.1 Å². The molecule has 1 unspecified atom stereocenters. The standard InChI is InChI=1S/C14H26N2O3/c1-13(2)6-10(19-12(17)15-5)7-14(3,4)16(13)8-11-9-18-11/h10-11H,6-9H2,1-5H3,(H,15,17). The Morgan fingerprint density at radius 2 is 1.84 bits per heavy atom. The fraction of sp³-hybridized carbons (Fsp3) is 0.929. The second-order valence-corrected chi connectivity index (χ2v) is 6.88. The Kier molecular flexibility index (Phi) is 3.80. The van der Waals surface area contributed by atoms with Crippen molar-refractivity contribution in [2.45, 2.75) is 63.8 Å². The molecule has 0 saturated carbocycles. The number of rotatable bonds is 3. The minimum atomic E-state index is -0.337. The summed E-state index contributed by atoms with van der Waals surface area (Å²) in [5, 5.41) is 2.53. The number of piperidine rings is 1. The lowest BCUT2D eigenvalue weighted by molar-refractivity contribution is -0.0854. The average Bonchev–Trinajstić information content (AvgIpc) is 3.06. The number of carbonyl (C=O) groups is 1. The van der Waals surface area contributed by atoms with Gasteiger partial charge < -0.3 is 14.8 Å². The SMILES string of the molecule is CNC(=O)OC1CC(C)(C)N(CC2CO2)C(C)(C)C1. The van der Waals surface area contributed by atoms with E-state index in [1.807, 2.05) is 0 Å². The molecule has 0 aliphatic carbocycles. The molecule has 0 radical (unpaired) electrons. The first-order valence-corrected chi connectivity index (χ1v) is 7.02. The first-order chi connectivity index (χ1) is 8.74. The number of carbonyl (C=O) groups excluding carboxylic acids is 1. The van der Waals surface area contributed by atoms with Crippen LogP contribution in [-0.2, 0) is 9.47 Å². The quantitative estimate of drug-likeness (QED) is 0.794. The van der Waals surface area contributed by atoms with Gasteiger partial charge in [0.1, 0.15) is 6.10 Å². The summed E-state index contributed by atoms with van der Waals surface area (Å²) in [6.45, 7) is 10.7. The number of nitrogens with one attached hydrogen (secondary N) is 1. The van der Waals surface area contributed by atoms with E-state index in [1.54, 1.807) is 7.05 Å². The van der Waals surface area contributed by atoms with Crippen molar-refractivity contribution in [2.24, 2.45) is 0 Å². The Labute approximate surface area is 115 Å². The van der Waals surface area contributed by atoms with Crippen LogP contribution in [0.3, 0.4) is 0 Å². The van der Waals surface area contributed by atoms with Gasteiger partial charge in [0.05, 0.1) is 12.7 Å². The van der Waals surface area contributed by atoms with Gasteiger partial charge in [-0.3, -0.25) is 4.90 Å². The van der Waals surface area contributed by atoms with Crippen molar-refractivity contribution in [3.63, 3.8) is 0 Å². The highest BCUT2D eigenvalue weighted by Gasteiger charge is 2.48. The van der Waals surface area contributed by atoms with Crippen LogP contribution in [0.1, 0.15) is 40.5 Å². The molecule has 1 N–H and O–H groups in total. The summed E-state index contributed by atoms with van der Waals surface area (Å²) in [6.07, 6.45) is 1.74. The number of epoxide rings is 1. The smallest absolute Gasteiger partial charge is 0.407 e. The maximum Gasteiger partial charge on any atom is 0.407 e. The lowest BCUT2D eigenvalue weighted by Gasteiger charge is -2.54. The lowest BCUT2D eigenvalue weighted by Crippen LogP contribution is -2.63. The first kappa shape index (κ1) is 14.6. The van der Waals surface area contributed by atoms with Crippen LogP contribution < -0.4 is 5.32 Å². The predicted octanol–water partition coefficient (Wildman–Crippen LogP) is 1.76. The van der Waals surface area contributed by atoms with Crippen LogP contribution in [0.4, 0.5) is 4.79 Å². The minimum absolute atomic E-state index is 0.00634. The Hall–Kier alpha value is -0.810. The third kappa shape index (κ3) is 3.39. The molecule has 0 aromatic carbocycles. The summed E-state index contributed by atoms with van der Waals surface area (Å²) < 4.78 is 10.8. The van der Waals surface area contributed by atoms with Gasteiger partial charge in [0.15, 0.2) is 0 Å². The molecule has 2 saturated heterocycles. The molecule has 2 heterocycles. The number of nitrogens with zero attached hydrogens (tertiary/aromatic N) is 1. The van der Waals surface area contributed by atoms with Crippen LogP contribution in [0.25, 0.3) is 0 Å². The van der Waals surface area contributed by atoms with Gasteiger partial charge >= 0.3 is 6.09 Å². The molecule has 5 nitrogen and oxygen atoms in total. The molecule has 1 amide bonds. The van der Waals surface area contributed by atoms with Crippen molar-refractivity contribution in [3.8, 4) is 0 Å². The zero-order valence-electron chi connectivity index (χ0n) is 12.7. The van der Waals surface area contributed by atoms with E-state index in [4.69, 9.17) is 9.47 Å². The van der Waals surface area contributed by atoms with Gasteiger partial charge in [0.2, 0.25) is 0 Å². The largest absolute Gasteiger partial charge is 0.446 e. The molecule has 0 aromatic heterocycles. The van der Waals surface area contributed by atoms with Crippen LogP contribution in [0, 0.1) is 0 Å². The molecule has 110 valence electrons. The zero-order valence-corrected chi connectivity index (χ0v) is 12.7. The lowest BCUT2D eigenvalue weighted by atomic mass is 9.78. The number of hydrogen-bond acceptors (Lipinski definition) is 4. The third-order valence-electron chi connectivity index (χ3n) is 4.18. The van der Waals surface area contributed by atoms with Crippen LogP contribution in [0.2, 0.25) is 0 Å². The van der Waals surface area contributed by atoms with Crippen molar-refractivity contribution >= 4 is 6.09 Å². The van der Waals surface area contributed by atoms with Gasteiger partial charge in [-0.05, 0) is 27.7 Å². The van der Waals surface area contributed by atoms with Crippen LogP contribution in [-0.4, -0.2) is 54.5 Å². The van der Waals surface area contributed by atoms with E-state index in [1.165, 1.54) is 0 Å². The molecule has 2 aliphatic rings. The van der Waals surface area contributed by atoms with Crippen LogP contribution >= 0.6 is 0 Å². The van der Waals surface area contributed by atoms with Crippen molar-refractivity contribution < 1.29 is 14.3 Å². The predicted molar refractivity (Wildman–Crippen MR) is 73.2 cm³/mol. The summed E-state index contributed by atoms with van der Waals surface area (Å²) in [6, 6.07) is 0. The average molecular weight is 270 g/mol. The Morgan fingerprint density at radius 3 is 2.26 bits per heavy atom. The molecule has 2 fully saturated rings. The van der Waals surface area contributed by atoms with Crippen molar-refractivity contribution in [1.29, 1.82) is 0 Å². The van der Waals surface area contributed by atoms with Crippen LogP contribution in [0.15, 0.2) is 0 Å². The Bertz CT molecular complexity index is 333. The van der Waals surface area contributed by atoms with E-state index in [0.29, 0.717) is 6.10 Å². The number of likely N-dealkylation sites (tertiary alicyclic amines) is 1. The van der Waals surface area contributed by atoms with Crippen molar-refractivity contribution in [2.75, 3.05) is 20.2 Å². The fourth-order valence-electron chi connectivity index (χ4n) is 3.39. The molecule has 2 rings (SSSR count). The van der Waals surface area contributed by atoms with Gasteiger partial charge in [-0.1, -0.05) is 0 Å². The molecule has 0 bridgehead atoms. The van der Waals surface area contributed by atoms with Gasteiger partial charge in [0, 0.05) is 37.5 Å². The van der Waals surface area contributed by atoms with Gasteiger partial charge in [0.25, 0.3) is 0 Å². The Balaban J connectivity index is 2.06. The number of hydrogen-bond donors (Lipinski definition) is 1. The summed E-state index contributed by atoms with van der Waals surface area (Å²) in [5.41, 5.74) is 0.0127. The summed E-state index contributed by atoms with van der Waals surface area (Å²) in [5.74, 6) is 0. The van der Waals surface area contributed by atoms with E-state index in [-0.39, 0.29) is 23.3 Å². The highest BCUT2D eigenvalue weighted by atomic mass is 16.6. The number of alkyl carbamates (subject to hydrolysis) is 1.